The second-order valence-electron chi connectivity index (χ2n) is 5.42. The van der Waals surface area contributed by atoms with Crippen LogP contribution in [0.1, 0.15) is 53.7 Å². The van der Waals surface area contributed by atoms with Gasteiger partial charge in [0.2, 0.25) is 0 Å². The molecular formula is C16H26N2O. The van der Waals surface area contributed by atoms with Gasteiger partial charge in [-0.2, -0.15) is 0 Å². The Morgan fingerprint density at radius 2 is 1.63 bits per heavy atom. The van der Waals surface area contributed by atoms with Crippen molar-refractivity contribution in [3.05, 3.63) is 34.4 Å². The number of hydrogen-bond donors (Lipinski definition) is 2. The molecule has 0 aliphatic carbocycles. The van der Waals surface area contributed by atoms with E-state index in [1.54, 1.807) is 0 Å². The van der Waals surface area contributed by atoms with Crippen LogP contribution in [-0.2, 0) is 0 Å². The van der Waals surface area contributed by atoms with Crippen molar-refractivity contribution >= 4 is 5.91 Å². The van der Waals surface area contributed by atoms with E-state index in [0.717, 1.165) is 29.5 Å². The zero-order valence-corrected chi connectivity index (χ0v) is 12.8. The molecule has 1 aromatic rings. The lowest BCUT2D eigenvalue weighted by molar-refractivity contribution is 0.0894. The molecule has 0 spiro atoms. The van der Waals surface area contributed by atoms with E-state index in [9.17, 15) is 4.79 Å². The summed E-state index contributed by atoms with van der Waals surface area (Å²) in [7, 11) is 0. The van der Waals surface area contributed by atoms with Crippen LogP contribution in [0.5, 0.6) is 0 Å². The molecule has 0 aromatic heterocycles. The van der Waals surface area contributed by atoms with Crippen molar-refractivity contribution in [3.63, 3.8) is 0 Å². The number of hydrogen-bond acceptors (Lipinski definition) is 2. The van der Waals surface area contributed by atoms with Crippen molar-refractivity contribution in [1.82, 2.24) is 5.32 Å². The molecule has 0 aliphatic heterocycles. The Morgan fingerprint density at radius 1 is 1.16 bits per heavy atom. The molecule has 3 nitrogen and oxygen atoms in total. The Morgan fingerprint density at radius 3 is 2.00 bits per heavy atom. The van der Waals surface area contributed by atoms with E-state index >= 15 is 0 Å². The van der Waals surface area contributed by atoms with Gasteiger partial charge in [-0.15, -0.1) is 0 Å². The molecule has 0 saturated heterocycles. The van der Waals surface area contributed by atoms with Crippen molar-refractivity contribution < 1.29 is 4.79 Å². The zero-order valence-electron chi connectivity index (χ0n) is 12.8. The second-order valence-corrected chi connectivity index (χ2v) is 5.42. The minimum atomic E-state index is -0.291. The van der Waals surface area contributed by atoms with Gasteiger partial charge in [0.05, 0.1) is 5.54 Å². The minimum Gasteiger partial charge on any atom is -0.345 e. The number of benzene rings is 1. The molecule has 106 valence electrons. The van der Waals surface area contributed by atoms with Gasteiger partial charge >= 0.3 is 0 Å². The summed E-state index contributed by atoms with van der Waals surface area (Å²) in [6, 6.07) is 4.09. The molecule has 1 amide bonds. The zero-order chi connectivity index (χ0) is 14.6. The normalized spacial score (nSPS) is 11.5. The fourth-order valence-electron chi connectivity index (χ4n) is 2.61. The maximum atomic E-state index is 12.5. The van der Waals surface area contributed by atoms with Crippen LogP contribution in [0.25, 0.3) is 0 Å². The summed E-state index contributed by atoms with van der Waals surface area (Å²) in [4.78, 5) is 12.5. The quantitative estimate of drug-likeness (QED) is 0.857. The van der Waals surface area contributed by atoms with E-state index < -0.39 is 0 Å². The van der Waals surface area contributed by atoms with Crippen molar-refractivity contribution in [2.24, 2.45) is 5.73 Å². The molecule has 0 unspecified atom stereocenters. The van der Waals surface area contributed by atoms with Crippen LogP contribution in [0.4, 0.5) is 0 Å². The molecule has 0 radical (unpaired) electrons. The first kappa shape index (κ1) is 15.7. The van der Waals surface area contributed by atoms with Crippen LogP contribution < -0.4 is 11.1 Å². The number of carbonyl (C=O) groups is 1. The van der Waals surface area contributed by atoms with Crippen LogP contribution in [-0.4, -0.2) is 18.0 Å². The van der Waals surface area contributed by atoms with Gasteiger partial charge in [-0.05, 0) is 44.7 Å². The molecule has 1 aromatic carbocycles. The Bertz CT molecular complexity index is 431. The van der Waals surface area contributed by atoms with Gasteiger partial charge in [0.25, 0.3) is 5.91 Å². The number of nitrogens with two attached hydrogens (primary N) is 1. The Balaban J connectivity index is 3.08. The van der Waals surface area contributed by atoms with E-state index in [0.29, 0.717) is 6.54 Å². The maximum absolute atomic E-state index is 12.5. The lowest BCUT2D eigenvalue weighted by Gasteiger charge is -2.32. The first-order chi connectivity index (χ1) is 8.89. The first-order valence-electron chi connectivity index (χ1n) is 6.99. The van der Waals surface area contributed by atoms with Crippen LogP contribution in [0.15, 0.2) is 12.1 Å². The first-order valence-corrected chi connectivity index (χ1v) is 6.99. The van der Waals surface area contributed by atoms with E-state index in [2.05, 4.69) is 19.2 Å². The fraction of sp³-hybridized carbons (Fsp3) is 0.562. The highest BCUT2D eigenvalue weighted by atomic mass is 16.1. The van der Waals surface area contributed by atoms with Gasteiger partial charge in [-0.3, -0.25) is 4.79 Å². The molecule has 0 bridgehead atoms. The van der Waals surface area contributed by atoms with Gasteiger partial charge in [-0.25, -0.2) is 0 Å². The molecule has 3 N–H and O–H groups in total. The number of amides is 1. The maximum Gasteiger partial charge on any atom is 0.252 e. The summed E-state index contributed by atoms with van der Waals surface area (Å²) in [6.07, 6.45) is 1.69. The van der Waals surface area contributed by atoms with Crippen molar-refractivity contribution in [2.75, 3.05) is 6.54 Å². The number of aryl methyl sites for hydroxylation is 3. The third-order valence-electron chi connectivity index (χ3n) is 4.03. The highest BCUT2D eigenvalue weighted by Crippen LogP contribution is 2.19. The lowest BCUT2D eigenvalue weighted by Crippen LogP contribution is -2.53. The van der Waals surface area contributed by atoms with E-state index in [-0.39, 0.29) is 11.4 Å². The SMILES string of the molecule is CCC(CC)(CN)NC(=O)c1c(C)cc(C)cc1C. The summed E-state index contributed by atoms with van der Waals surface area (Å²) in [5.41, 5.74) is 9.56. The summed E-state index contributed by atoms with van der Waals surface area (Å²) in [6.45, 7) is 10.6. The minimum absolute atomic E-state index is 0.0100. The molecule has 1 rings (SSSR count). The predicted molar refractivity (Wildman–Crippen MR) is 80.5 cm³/mol. The summed E-state index contributed by atoms with van der Waals surface area (Å²) < 4.78 is 0. The van der Waals surface area contributed by atoms with Crippen molar-refractivity contribution in [1.29, 1.82) is 0 Å². The Kier molecular flexibility index (Phi) is 5.12. The van der Waals surface area contributed by atoms with Crippen molar-refractivity contribution in [2.45, 2.75) is 53.0 Å². The molecular weight excluding hydrogens is 236 g/mol. The number of carbonyl (C=O) groups excluding carboxylic acids is 1. The average molecular weight is 262 g/mol. The summed E-state index contributed by atoms with van der Waals surface area (Å²) in [5.74, 6) is -0.0100. The smallest absolute Gasteiger partial charge is 0.252 e. The van der Waals surface area contributed by atoms with E-state index in [1.165, 1.54) is 5.56 Å². The largest absolute Gasteiger partial charge is 0.345 e. The molecule has 3 heteroatoms. The third-order valence-corrected chi connectivity index (χ3v) is 4.03. The molecule has 0 aliphatic rings. The van der Waals surface area contributed by atoms with Crippen LogP contribution in [0.2, 0.25) is 0 Å². The second kappa shape index (κ2) is 6.20. The van der Waals surface area contributed by atoms with Crippen LogP contribution in [0.3, 0.4) is 0 Å². The monoisotopic (exact) mass is 262 g/mol. The average Bonchev–Trinajstić information content (AvgIpc) is 2.35. The lowest BCUT2D eigenvalue weighted by atomic mass is 9.91. The standard InChI is InChI=1S/C16H26N2O/c1-6-16(7-2,10-17)18-15(19)14-12(4)8-11(3)9-13(14)5/h8-9H,6-7,10,17H2,1-5H3,(H,18,19). The predicted octanol–water partition coefficient (Wildman–Crippen LogP) is 2.86. The van der Waals surface area contributed by atoms with Gasteiger partial charge in [0.1, 0.15) is 0 Å². The molecule has 0 atom stereocenters. The number of rotatable bonds is 5. The number of nitrogens with one attached hydrogen (secondary N) is 1. The highest BCUT2D eigenvalue weighted by Gasteiger charge is 2.27. The highest BCUT2D eigenvalue weighted by molar-refractivity contribution is 5.97. The third kappa shape index (κ3) is 3.35. The Labute approximate surface area is 116 Å². The van der Waals surface area contributed by atoms with Gasteiger partial charge in [0, 0.05) is 12.1 Å². The van der Waals surface area contributed by atoms with E-state index in [4.69, 9.17) is 5.73 Å². The van der Waals surface area contributed by atoms with Gasteiger partial charge in [-0.1, -0.05) is 31.5 Å². The molecule has 0 fully saturated rings. The molecule has 0 heterocycles. The van der Waals surface area contributed by atoms with Crippen LogP contribution >= 0.6 is 0 Å². The molecule has 19 heavy (non-hydrogen) atoms. The summed E-state index contributed by atoms with van der Waals surface area (Å²) >= 11 is 0. The molecule has 0 saturated carbocycles. The van der Waals surface area contributed by atoms with Crippen LogP contribution in [0, 0.1) is 20.8 Å². The van der Waals surface area contributed by atoms with Gasteiger partial charge < -0.3 is 11.1 Å². The Hall–Kier alpha value is -1.35. The topological polar surface area (TPSA) is 55.1 Å². The van der Waals surface area contributed by atoms with Crippen molar-refractivity contribution in [3.8, 4) is 0 Å². The van der Waals surface area contributed by atoms with E-state index in [1.807, 2.05) is 32.9 Å². The fourth-order valence-corrected chi connectivity index (χ4v) is 2.61. The summed E-state index contributed by atoms with van der Waals surface area (Å²) in [5, 5.41) is 3.13. The van der Waals surface area contributed by atoms with Gasteiger partial charge in [0.15, 0.2) is 0 Å².